The predicted octanol–water partition coefficient (Wildman–Crippen LogP) is 1.78. The van der Waals surface area contributed by atoms with Crippen LogP contribution in [-0.4, -0.2) is 30.8 Å². The summed E-state index contributed by atoms with van der Waals surface area (Å²) in [6, 6.07) is 8.20. The van der Waals surface area contributed by atoms with E-state index in [1.165, 1.54) is 19.2 Å². The highest BCUT2D eigenvalue weighted by atomic mass is 16.5. The molecular formula is C17H19N3O4. The second-order valence-corrected chi connectivity index (χ2v) is 4.77. The number of hydrogen-bond donors (Lipinski definition) is 2. The number of rotatable bonds is 8. The Morgan fingerprint density at radius 1 is 1.33 bits per heavy atom. The maximum absolute atomic E-state index is 12.0. The molecule has 0 aliphatic rings. The standard InChI is InChI=1S/C17H19N3O4/c1-3-24-16(22)7-8-19-11-14(10-18)17(23)20-15-6-4-5-13(9-15)12(2)21/h4-6,9,11,19H,3,7-8H2,1-2H3,(H,20,23)/b14-11-. The monoisotopic (exact) mass is 329 g/mol. The third kappa shape index (κ3) is 6.32. The van der Waals surface area contributed by atoms with Crippen LogP contribution in [0.5, 0.6) is 0 Å². The van der Waals surface area contributed by atoms with Crippen molar-refractivity contribution in [3.05, 3.63) is 41.6 Å². The number of benzene rings is 1. The van der Waals surface area contributed by atoms with E-state index in [9.17, 15) is 14.4 Å². The Morgan fingerprint density at radius 2 is 2.08 bits per heavy atom. The summed E-state index contributed by atoms with van der Waals surface area (Å²) in [7, 11) is 0. The second-order valence-electron chi connectivity index (χ2n) is 4.77. The van der Waals surface area contributed by atoms with Gasteiger partial charge in [-0.3, -0.25) is 14.4 Å². The van der Waals surface area contributed by atoms with Gasteiger partial charge in [0, 0.05) is 24.0 Å². The summed E-state index contributed by atoms with van der Waals surface area (Å²) in [5.74, 6) is -1.09. The Morgan fingerprint density at radius 3 is 2.71 bits per heavy atom. The molecule has 0 heterocycles. The lowest BCUT2D eigenvalue weighted by atomic mass is 10.1. The first-order valence-corrected chi connectivity index (χ1v) is 7.39. The lowest BCUT2D eigenvalue weighted by Gasteiger charge is -2.06. The van der Waals surface area contributed by atoms with Crippen LogP contribution >= 0.6 is 0 Å². The smallest absolute Gasteiger partial charge is 0.307 e. The van der Waals surface area contributed by atoms with Crippen LogP contribution in [-0.2, 0) is 14.3 Å². The largest absolute Gasteiger partial charge is 0.466 e. The minimum atomic E-state index is -0.609. The zero-order valence-electron chi connectivity index (χ0n) is 13.6. The third-order valence-electron chi connectivity index (χ3n) is 2.92. The molecule has 0 bridgehead atoms. The van der Waals surface area contributed by atoms with Crippen LogP contribution in [0.1, 0.15) is 30.6 Å². The molecule has 0 saturated heterocycles. The quantitative estimate of drug-likeness (QED) is 0.247. The van der Waals surface area contributed by atoms with E-state index in [0.29, 0.717) is 17.9 Å². The van der Waals surface area contributed by atoms with Crippen LogP contribution in [0.4, 0.5) is 5.69 Å². The van der Waals surface area contributed by atoms with Crippen LogP contribution in [0.15, 0.2) is 36.0 Å². The van der Waals surface area contributed by atoms with Gasteiger partial charge >= 0.3 is 5.97 Å². The molecule has 126 valence electrons. The van der Waals surface area contributed by atoms with Crippen molar-refractivity contribution < 1.29 is 19.1 Å². The fourth-order valence-corrected chi connectivity index (χ4v) is 1.74. The van der Waals surface area contributed by atoms with E-state index in [-0.39, 0.29) is 30.3 Å². The van der Waals surface area contributed by atoms with Crippen LogP contribution in [0.2, 0.25) is 0 Å². The number of ketones is 1. The molecule has 0 aromatic heterocycles. The fraction of sp³-hybridized carbons (Fsp3) is 0.294. The Balaban J connectivity index is 2.62. The number of hydrogen-bond acceptors (Lipinski definition) is 6. The van der Waals surface area contributed by atoms with Crippen molar-refractivity contribution >= 4 is 23.3 Å². The SMILES string of the molecule is CCOC(=O)CCN/C=C(/C#N)C(=O)Nc1cccc(C(C)=O)c1. The molecule has 1 rings (SSSR count). The molecule has 1 aromatic carbocycles. The van der Waals surface area contributed by atoms with E-state index in [1.54, 1.807) is 31.2 Å². The zero-order chi connectivity index (χ0) is 17.9. The van der Waals surface area contributed by atoms with Crippen molar-refractivity contribution in [2.75, 3.05) is 18.5 Å². The van der Waals surface area contributed by atoms with Crippen molar-refractivity contribution in [1.29, 1.82) is 5.26 Å². The summed E-state index contributed by atoms with van der Waals surface area (Å²) < 4.78 is 4.76. The highest BCUT2D eigenvalue weighted by molar-refractivity contribution is 6.07. The maximum atomic E-state index is 12.0. The van der Waals surface area contributed by atoms with Gasteiger partial charge in [0.05, 0.1) is 13.0 Å². The number of carbonyl (C=O) groups excluding carboxylic acids is 3. The highest BCUT2D eigenvalue weighted by Gasteiger charge is 2.10. The summed E-state index contributed by atoms with van der Waals surface area (Å²) >= 11 is 0. The van der Waals surface area contributed by atoms with Crippen LogP contribution < -0.4 is 10.6 Å². The Hall–Kier alpha value is -3.14. The number of ether oxygens (including phenoxy) is 1. The summed E-state index contributed by atoms with van der Waals surface area (Å²) in [5.41, 5.74) is 0.732. The number of esters is 1. The Kier molecular flexibility index (Phi) is 7.71. The van der Waals surface area contributed by atoms with Gasteiger partial charge in [0.2, 0.25) is 0 Å². The summed E-state index contributed by atoms with van der Waals surface area (Å²) in [4.78, 5) is 34.5. The average molecular weight is 329 g/mol. The molecule has 1 amide bonds. The summed E-state index contributed by atoms with van der Waals surface area (Å²) in [6.07, 6.45) is 1.37. The normalized spacial score (nSPS) is 10.5. The van der Waals surface area contributed by atoms with E-state index < -0.39 is 5.91 Å². The molecule has 7 heteroatoms. The van der Waals surface area contributed by atoms with Gasteiger partial charge in [-0.1, -0.05) is 12.1 Å². The van der Waals surface area contributed by atoms with Crippen molar-refractivity contribution in [2.24, 2.45) is 0 Å². The van der Waals surface area contributed by atoms with Gasteiger partial charge in [-0.25, -0.2) is 0 Å². The van der Waals surface area contributed by atoms with Gasteiger partial charge in [0.25, 0.3) is 5.91 Å². The topological polar surface area (TPSA) is 108 Å². The Labute approximate surface area is 140 Å². The van der Waals surface area contributed by atoms with Crippen molar-refractivity contribution in [3.8, 4) is 6.07 Å². The predicted molar refractivity (Wildman–Crippen MR) is 88.0 cm³/mol. The molecule has 0 aliphatic carbocycles. The van der Waals surface area contributed by atoms with E-state index in [4.69, 9.17) is 10.00 Å². The molecule has 7 nitrogen and oxygen atoms in total. The maximum Gasteiger partial charge on any atom is 0.307 e. The molecule has 0 radical (unpaired) electrons. The zero-order valence-corrected chi connectivity index (χ0v) is 13.6. The second kappa shape index (κ2) is 9.79. The van der Waals surface area contributed by atoms with Crippen LogP contribution in [0.25, 0.3) is 0 Å². The number of Topliss-reactive ketones (excluding diaryl/α,β-unsaturated/α-hetero) is 1. The van der Waals surface area contributed by atoms with Gasteiger partial charge in [0.15, 0.2) is 5.78 Å². The number of nitrogens with zero attached hydrogens (tertiary/aromatic N) is 1. The van der Waals surface area contributed by atoms with E-state index >= 15 is 0 Å². The molecule has 0 unspecified atom stereocenters. The number of carbonyl (C=O) groups is 3. The van der Waals surface area contributed by atoms with Crippen LogP contribution in [0.3, 0.4) is 0 Å². The van der Waals surface area contributed by atoms with Gasteiger partial charge in [-0.2, -0.15) is 5.26 Å². The highest BCUT2D eigenvalue weighted by Crippen LogP contribution is 2.12. The molecule has 0 saturated carbocycles. The molecular weight excluding hydrogens is 310 g/mol. The number of nitriles is 1. The first-order valence-electron chi connectivity index (χ1n) is 7.39. The molecule has 0 spiro atoms. The van der Waals surface area contributed by atoms with Gasteiger partial charge in [-0.05, 0) is 26.0 Å². The fourth-order valence-electron chi connectivity index (χ4n) is 1.74. The van der Waals surface area contributed by atoms with Crippen molar-refractivity contribution in [2.45, 2.75) is 20.3 Å². The minimum absolute atomic E-state index is 0.122. The van der Waals surface area contributed by atoms with Crippen LogP contribution in [0, 0.1) is 11.3 Å². The molecule has 1 aromatic rings. The van der Waals surface area contributed by atoms with Crippen molar-refractivity contribution in [1.82, 2.24) is 5.32 Å². The van der Waals surface area contributed by atoms with Gasteiger partial charge < -0.3 is 15.4 Å². The molecule has 0 atom stereocenters. The van der Waals surface area contributed by atoms with Gasteiger partial charge in [-0.15, -0.1) is 0 Å². The van der Waals surface area contributed by atoms with E-state index in [2.05, 4.69) is 10.6 Å². The minimum Gasteiger partial charge on any atom is -0.466 e. The number of nitrogens with one attached hydrogen (secondary N) is 2. The molecule has 0 fully saturated rings. The Bertz CT molecular complexity index is 689. The third-order valence-corrected chi connectivity index (χ3v) is 2.92. The molecule has 2 N–H and O–H groups in total. The molecule has 24 heavy (non-hydrogen) atoms. The van der Waals surface area contributed by atoms with E-state index in [0.717, 1.165) is 0 Å². The number of anilines is 1. The molecule has 0 aliphatic heterocycles. The van der Waals surface area contributed by atoms with E-state index in [1.807, 2.05) is 0 Å². The summed E-state index contributed by atoms with van der Waals surface area (Å²) in [5, 5.41) is 14.3. The number of amides is 1. The average Bonchev–Trinajstić information content (AvgIpc) is 2.55. The van der Waals surface area contributed by atoms with Gasteiger partial charge in [0.1, 0.15) is 11.6 Å². The lowest BCUT2D eigenvalue weighted by molar-refractivity contribution is -0.142. The first-order chi connectivity index (χ1) is 11.5. The summed E-state index contributed by atoms with van der Waals surface area (Å²) in [6.45, 7) is 3.69. The van der Waals surface area contributed by atoms with Crippen molar-refractivity contribution in [3.63, 3.8) is 0 Å². The lowest BCUT2D eigenvalue weighted by Crippen LogP contribution is -2.19. The first kappa shape index (κ1) is 18.9.